The Morgan fingerprint density at radius 1 is 1.18 bits per heavy atom. The molecule has 0 bridgehead atoms. The Kier molecular flexibility index (Phi) is 4.43. The molecule has 2 rings (SSSR count). The van der Waals surface area contributed by atoms with Gasteiger partial charge in [-0.1, -0.05) is 19.1 Å². The van der Waals surface area contributed by atoms with Crippen molar-refractivity contribution in [3.05, 3.63) is 29.8 Å². The van der Waals surface area contributed by atoms with Crippen molar-refractivity contribution in [3.8, 4) is 0 Å². The van der Waals surface area contributed by atoms with Gasteiger partial charge in [0.25, 0.3) is 0 Å². The van der Waals surface area contributed by atoms with Crippen LogP contribution in [0, 0.1) is 0 Å². The second-order valence-electron chi connectivity index (χ2n) is 4.97. The molecule has 1 unspecified atom stereocenters. The van der Waals surface area contributed by atoms with E-state index >= 15 is 0 Å². The van der Waals surface area contributed by atoms with Crippen LogP contribution in [0.5, 0.6) is 0 Å². The smallest absolute Gasteiger partial charge is 0.0366 e. The van der Waals surface area contributed by atoms with Gasteiger partial charge in [0.05, 0.1) is 0 Å². The van der Waals surface area contributed by atoms with Crippen LogP contribution in [0.3, 0.4) is 0 Å². The molecule has 0 radical (unpaired) electrons. The molecule has 0 spiro atoms. The summed E-state index contributed by atoms with van der Waals surface area (Å²) in [4.78, 5) is 2.45. The van der Waals surface area contributed by atoms with Crippen LogP contribution in [0.25, 0.3) is 0 Å². The number of rotatable bonds is 3. The third-order valence-corrected chi connectivity index (χ3v) is 3.84. The molecule has 1 fully saturated rings. The van der Waals surface area contributed by atoms with Crippen LogP contribution >= 0.6 is 0 Å². The van der Waals surface area contributed by atoms with Gasteiger partial charge in [-0.15, -0.1) is 0 Å². The molecule has 1 aromatic carbocycles. The molecule has 1 atom stereocenters. The maximum absolute atomic E-state index is 3.48. The van der Waals surface area contributed by atoms with Crippen molar-refractivity contribution in [1.82, 2.24) is 5.32 Å². The van der Waals surface area contributed by atoms with E-state index in [1.54, 1.807) is 0 Å². The highest BCUT2D eigenvalue weighted by Crippen LogP contribution is 2.21. The minimum Gasteiger partial charge on any atom is -0.372 e. The first-order valence-electron chi connectivity index (χ1n) is 6.83. The number of nitrogens with one attached hydrogen (secondary N) is 1. The van der Waals surface area contributed by atoms with Gasteiger partial charge in [-0.25, -0.2) is 0 Å². The molecule has 1 saturated heterocycles. The Morgan fingerprint density at radius 2 is 1.94 bits per heavy atom. The average molecular weight is 232 g/mol. The number of anilines is 1. The molecular weight excluding hydrogens is 208 g/mol. The summed E-state index contributed by atoms with van der Waals surface area (Å²) in [6.07, 6.45) is 4.98. The van der Waals surface area contributed by atoms with Crippen molar-refractivity contribution in [3.63, 3.8) is 0 Å². The zero-order valence-electron chi connectivity index (χ0n) is 11.1. The fourth-order valence-electron chi connectivity index (χ4n) is 2.57. The predicted octanol–water partition coefficient (Wildman–Crippen LogP) is 2.83. The minimum atomic E-state index is 0.692. The van der Waals surface area contributed by atoms with Gasteiger partial charge in [0.2, 0.25) is 0 Å². The molecule has 1 aliphatic heterocycles. The standard InChI is InChI=1S/C15H24N2/c1-3-13-6-8-15(9-7-13)17(2)14-5-4-11-16-12-10-14/h6-9,14,16H,3-5,10-12H2,1-2H3. The highest BCUT2D eigenvalue weighted by atomic mass is 15.1. The first kappa shape index (κ1) is 12.4. The van der Waals surface area contributed by atoms with E-state index in [0.717, 1.165) is 13.0 Å². The first-order chi connectivity index (χ1) is 8.31. The van der Waals surface area contributed by atoms with Crippen molar-refractivity contribution in [2.45, 2.75) is 38.6 Å². The van der Waals surface area contributed by atoms with E-state index in [2.05, 4.69) is 48.5 Å². The molecular formula is C15H24N2. The fraction of sp³-hybridized carbons (Fsp3) is 0.600. The molecule has 1 N–H and O–H groups in total. The average Bonchev–Trinajstić information content (AvgIpc) is 2.67. The Balaban J connectivity index is 2.03. The largest absolute Gasteiger partial charge is 0.372 e. The van der Waals surface area contributed by atoms with Crippen LogP contribution < -0.4 is 10.2 Å². The number of hydrogen-bond acceptors (Lipinski definition) is 2. The van der Waals surface area contributed by atoms with Crippen LogP contribution in [0.4, 0.5) is 5.69 Å². The van der Waals surface area contributed by atoms with Gasteiger partial charge in [-0.2, -0.15) is 0 Å². The SMILES string of the molecule is CCc1ccc(N(C)C2CCCNCC2)cc1. The fourth-order valence-corrected chi connectivity index (χ4v) is 2.57. The summed E-state index contributed by atoms with van der Waals surface area (Å²) in [5, 5.41) is 3.48. The Labute approximate surface area is 105 Å². The van der Waals surface area contributed by atoms with Gasteiger partial charge < -0.3 is 10.2 Å². The number of aryl methyl sites for hydroxylation is 1. The number of nitrogens with zero attached hydrogens (tertiary/aromatic N) is 1. The molecule has 17 heavy (non-hydrogen) atoms. The Bertz CT molecular complexity index is 323. The van der Waals surface area contributed by atoms with E-state index in [0.29, 0.717) is 6.04 Å². The van der Waals surface area contributed by atoms with Gasteiger partial charge in [0.15, 0.2) is 0 Å². The molecule has 1 aliphatic rings. The van der Waals surface area contributed by atoms with Crippen LogP contribution in [0.2, 0.25) is 0 Å². The van der Waals surface area contributed by atoms with Crippen molar-refractivity contribution in [2.24, 2.45) is 0 Å². The lowest BCUT2D eigenvalue weighted by atomic mass is 10.1. The Morgan fingerprint density at radius 3 is 2.65 bits per heavy atom. The summed E-state index contributed by atoms with van der Waals surface area (Å²) in [5.74, 6) is 0. The summed E-state index contributed by atoms with van der Waals surface area (Å²) in [7, 11) is 2.23. The van der Waals surface area contributed by atoms with E-state index in [1.807, 2.05) is 0 Å². The highest BCUT2D eigenvalue weighted by Gasteiger charge is 2.16. The zero-order chi connectivity index (χ0) is 12.1. The second kappa shape index (κ2) is 6.06. The summed E-state index contributed by atoms with van der Waals surface area (Å²) >= 11 is 0. The molecule has 0 amide bonds. The molecule has 0 saturated carbocycles. The van der Waals surface area contributed by atoms with Crippen molar-refractivity contribution in [1.29, 1.82) is 0 Å². The first-order valence-corrected chi connectivity index (χ1v) is 6.83. The molecule has 1 heterocycles. The quantitative estimate of drug-likeness (QED) is 0.862. The monoisotopic (exact) mass is 232 g/mol. The van der Waals surface area contributed by atoms with Crippen molar-refractivity contribution in [2.75, 3.05) is 25.0 Å². The number of benzene rings is 1. The van der Waals surface area contributed by atoms with E-state index in [9.17, 15) is 0 Å². The molecule has 0 aromatic heterocycles. The second-order valence-corrected chi connectivity index (χ2v) is 4.97. The van der Waals surface area contributed by atoms with Gasteiger partial charge in [0.1, 0.15) is 0 Å². The van der Waals surface area contributed by atoms with Crippen molar-refractivity contribution < 1.29 is 0 Å². The normalized spacial score (nSPS) is 20.9. The maximum Gasteiger partial charge on any atom is 0.0366 e. The van der Waals surface area contributed by atoms with Crippen LogP contribution in [0.1, 0.15) is 31.7 Å². The topological polar surface area (TPSA) is 15.3 Å². The lowest BCUT2D eigenvalue weighted by Crippen LogP contribution is -2.32. The predicted molar refractivity (Wildman–Crippen MR) is 74.7 cm³/mol. The summed E-state index contributed by atoms with van der Waals surface area (Å²) in [6, 6.07) is 9.72. The van der Waals surface area contributed by atoms with Gasteiger partial charge in [0, 0.05) is 18.8 Å². The molecule has 2 heteroatoms. The third kappa shape index (κ3) is 3.22. The van der Waals surface area contributed by atoms with E-state index in [4.69, 9.17) is 0 Å². The number of hydrogen-bond donors (Lipinski definition) is 1. The van der Waals surface area contributed by atoms with Gasteiger partial charge in [-0.05, 0) is 56.5 Å². The third-order valence-electron chi connectivity index (χ3n) is 3.84. The summed E-state index contributed by atoms with van der Waals surface area (Å²) < 4.78 is 0. The maximum atomic E-state index is 3.48. The highest BCUT2D eigenvalue weighted by molar-refractivity contribution is 5.47. The summed E-state index contributed by atoms with van der Waals surface area (Å²) in [5.41, 5.74) is 2.78. The lowest BCUT2D eigenvalue weighted by Gasteiger charge is -2.29. The van der Waals surface area contributed by atoms with E-state index in [1.165, 1.54) is 37.1 Å². The van der Waals surface area contributed by atoms with Gasteiger partial charge >= 0.3 is 0 Å². The molecule has 94 valence electrons. The van der Waals surface area contributed by atoms with Gasteiger partial charge in [-0.3, -0.25) is 0 Å². The van der Waals surface area contributed by atoms with Crippen molar-refractivity contribution >= 4 is 5.69 Å². The molecule has 2 nitrogen and oxygen atoms in total. The van der Waals surface area contributed by atoms with E-state index in [-0.39, 0.29) is 0 Å². The lowest BCUT2D eigenvalue weighted by molar-refractivity contribution is 0.567. The Hall–Kier alpha value is -1.02. The molecule has 1 aromatic rings. The van der Waals surface area contributed by atoms with E-state index < -0.39 is 0 Å². The van der Waals surface area contributed by atoms with Crippen LogP contribution in [0.15, 0.2) is 24.3 Å². The minimum absolute atomic E-state index is 0.692. The zero-order valence-corrected chi connectivity index (χ0v) is 11.1. The van der Waals surface area contributed by atoms with Crippen LogP contribution in [-0.2, 0) is 6.42 Å². The summed E-state index contributed by atoms with van der Waals surface area (Å²) in [6.45, 7) is 4.54. The molecule has 0 aliphatic carbocycles. The van der Waals surface area contributed by atoms with Crippen LogP contribution in [-0.4, -0.2) is 26.2 Å².